The number of hydrogen-bond acceptors (Lipinski definition) is 2. The van der Waals surface area contributed by atoms with Crippen molar-refractivity contribution in [1.82, 2.24) is 0 Å². The summed E-state index contributed by atoms with van der Waals surface area (Å²) in [4.78, 5) is 12.1. The normalized spacial score (nSPS) is 10.6. The zero-order valence-electron chi connectivity index (χ0n) is 13.1. The van der Waals surface area contributed by atoms with Crippen LogP contribution < -0.4 is 5.32 Å². The number of rotatable bonds is 3. The Hall–Kier alpha value is -2.99. The highest BCUT2D eigenvalue weighted by Gasteiger charge is 2.22. The van der Waals surface area contributed by atoms with Crippen molar-refractivity contribution >= 4 is 23.2 Å². The average molecular weight is 378 g/mol. The van der Waals surface area contributed by atoms with E-state index in [-0.39, 0.29) is 5.56 Å². The van der Waals surface area contributed by atoms with Gasteiger partial charge in [0.1, 0.15) is 11.6 Å². The van der Waals surface area contributed by atoms with Gasteiger partial charge < -0.3 is 10.4 Å². The molecule has 0 fully saturated rings. The predicted molar refractivity (Wildman–Crippen MR) is 92.8 cm³/mol. The molecule has 0 aliphatic carbocycles. The quantitative estimate of drug-likeness (QED) is 0.643. The van der Waals surface area contributed by atoms with Crippen molar-refractivity contribution in [2.24, 2.45) is 0 Å². The molecule has 0 aromatic heterocycles. The van der Waals surface area contributed by atoms with Crippen LogP contribution in [0.25, 0.3) is 11.1 Å². The molecule has 1 amide bonds. The van der Waals surface area contributed by atoms with Gasteiger partial charge >= 0.3 is 0 Å². The van der Waals surface area contributed by atoms with E-state index >= 15 is 0 Å². The maximum Gasteiger partial charge on any atom is 0.255 e. The number of benzene rings is 3. The molecule has 2 N–H and O–H groups in total. The first kappa shape index (κ1) is 17.8. The van der Waals surface area contributed by atoms with Gasteiger partial charge in [0.15, 0.2) is 11.6 Å². The Labute approximate surface area is 151 Å². The summed E-state index contributed by atoms with van der Waals surface area (Å²) >= 11 is 5.81. The van der Waals surface area contributed by atoms with Crippen LogP contribution in [0.15, 0.2) is 54.6 Å². The summed E-state index contributed by atoms with van der Waals surface area (Å²) in [5, 5.41) is 11.4. The second-order valence-electron chi connectivity index (χ2n) is 5.36. The third-order valence-electron chi connectivity index (χ3n) is 3.71. The van der Waals surface area contributed by atoms with E-state index in [9.17, 15) is 23.1 Å². The molecule has 0 saturated heterocycles. The predicted octanol–water partition coefficient (Wildman–Crippen LogP) is 5.38. The maximum atomic E-state index is 14.5. The number of anilines is 1. The molecule has 0 aliphatic heterocycles. The molecule has 3 nitrogen and oxygen atoms in total. The standard InChI is InChI=1S/C19H11ClF3NO2/c20-16-14(25)9-7-12(21)15(16)11-6-8-13(18(23)17(11)22)24-19(26)10-4-2-1-3-5-10/h1-9,25H,(H,24,26). The Morgan fingerprint density at radius 3 is 2.31 bits per heavy atom. The Morgan fingerprint density at radius 2 is 1.62 bits per heavy atom. The van der Waals surface area contributed by atoms with Crippen LogP contribution in [0.5, 0.6) is 5.75 Å². The highest BCUT2D eigenvalue weighted by molar-refractivity contribution is 6.34. The fourth-order valence-electron chi connectivity index (χ4n) is 2.41. The molecule has 0 radical (unpaired) electrons. The highest BCUT2D eigenvalue weighted by Crippen LogP contribution is 2.39. The smallest absolute Gasteiger partial charge is 0.255 e. The van der Waals surface area contributed by atoms with E-state index in [1.165, 1.54) is 12.1 Å². The number of phenols is 1. The van der Waals surface area contributed by atoms with E-state index in [2.05, 4.69) is 5.32 Å². The molecule has 0 aliphatic rings. The van der Waals surface area contributed by atoms with Gasteiger partial charge in [-0.15, -0.1) is 0 Å². The molecular weight excluding hydrogens is 367 g/mol. The number of nitrogens with one attached hydrogen (secondary N) is 1. The van der Waals surface area contributed by atoms with Gasteiger partial charge in [0, 0.05) is 16.7 Å². The number of halogens is 4. The van der Waals surface area contributed by atoms with Gasteiger partial charge in [-0.05, 0) is 36.4 Å². The first-order chi connectivity index (χ1) is 12.4. The van der Waals surface area contributed by atoms with Crippen LogP contribution in [-0.4, -0.2) is 11.0 Å². The van der Waals surface area contributed by atoms with Crippen molar-refractivity contribution in [3.05, 3.63) is 82.6 Å². The number of amides is 1. The SMILES string of the molecule is O=C(Nc1ccc(-c2c(F)ccc(O)c2Cl)c(F)c1F)c1ccccc1. The monoisotopic (exact) mass is 377 g/mol. The van der Waals surface area contributed by atoms with Gasteiger partial charge in [0.05, 0.1) is 10.7 Å². The molecule has 0 spiro atoms. The van der Waals surface area contributed by atoms with E-state index in [1.807, 2.05) is 0 Å². The first-order valence-electron chi connectivity index (χ1n) is 7.42. The summed E-state index contributed by atoms with van der Waals surface area (Å²) in [6.07, 6.45) is 0. The summed E-state index contributed by atoms with van der Waals surface area (Å²) in [5.74, 6) is -4.79. The van der Waals surface area contributed by atoms with Crippen LogP contribution in [0.2, 0.25) is 5.02 Å². The second-order valence-corrected chi connectivity index (χ2v) is 5.74. The molecule has 0 unspecified atom stereocenters. The lowest BCUT2D eigenvalue weighted by molar-refractivity contribution is 0.102. The van der Waals surface area contributed by atoms with Crippen LogP contribution in [0.4, 0.5) is 18.9 Å². The third-order valence-corrected chi connectivity index (χ3v) is 4.09. The Balaban J connectivity index is 2.00. The van der Waals surface area contributed by atoms with Crippen LogP contribution in [-0.2, 0) is 0 Å². The van der Waals surface area contributed by atoms with E-state index in [0.717, 1.165) is 24.3 Å². The number of phenolic OH excluding ortho intramolecular Hbond substituents is 1. The van der Waals surface area contributed by atoms with Gasteiger partial charge in [0.25, 0.3) is 5.91 Å². The Kier molecular flexibility index (Phi) is 4.86. The van der Waals surface area contributed by atoms with Gasteiger partial charge in [0.2, 0.25) is 0 Å². The Morgan fingerprint density at radius 1 is 0.923 bits per heavy atom. The average Bonchev–Trinajstić information content (AvgIpc) is 2.65. The fourth-order valence-corrected chi connectivity index (χ4v) is 2.67. The van der Waals surface area contributed by atoms with E-state index < -0.39 is 50.9 Å². The molecular formula is C19H11ClF3NO2. The fraction of sp³-hybridized carbons (Fsp3) is 0. The summed E-state index contributed by atoms with van der Waals surface area (Å²) in [6.45, 7) is 0. The highest BCUT2D eigenvalue weighted by atomic mass is 35.5. The molecule has 0 bridgehead atoms. The van der Waals surface area contributed by atoms with Crippen LogP contribution >= 0.6 is 11.6 Å². The lowest BCUT2D eigenvalue weighted by Gasteiger charge is -2.12. The molecule has 3 aromatic rings. The van der Waals surface area contributed by atoms with E-state index in [4.69, 9.17) is 11.6 Å². The molecule has 0 atom stereocenters. The number of carbonyl (C=O) groups excluding carboxylic acids is 1. The van der Waals surface area contributed by atoms with Crippen molar-refractivity contribution in [2.75, 3.05) is 5.32 Å². The van der Waals surface area contributed by atoms with Crippen molar-refractivity contribution in [3.63, 3.8) is 0 Å². The third kappa shape index (κ3) is 3.23. The lowest BCUT2D eigenvalue weighted by atomic mass is 10.0. The van der Waals surface area contributed by atoms with Crippen molar-refractivity contribution in [1.29, 1.82) is 0 Å². The zero-order chi connectivity index (χ0) is 18.8. The van der Waals surface area contributed by atoms with Crippen LogP contribution in [0.1, 0.15) is 10.4 Å². The van der Waals surface area contributed by atoms with Crippen LogP contribution in [0, 0.1) is 17.5 Å². The minimum atomic E-state index is -1.40. The molecule has 3 aromatic carbocycles. The van der Waals surface area contributed by atoms with E-state index in [1.54, 1.807) is 18.2 Å². The molecule has 26 heavy (non-hydrogen) atoms. The maximum absolute atomic E-state index is 14.5. The molecule has 0 heterocycles. The lowest BCUT2D eigenvalue weighted by Crippen LogP contribution is -2.13. The minimum Gasteiger partial charge on any atom is -0.506 e. The number of hydrogen-bond donors (Lipinski definition) is 2. The summed E-state index contributed by atoms with van der Waals surface area (Å²) < 4.78 is 42.8. The minimum absolute atomic E-state index is 0.262. The van der Waals surface area contributed by atoms with Gasteiger partial charge in [-0.1, -0.05) is 29.8 Å². The van der Waals surface area contributed by atoms with Gasteiger partial charge in [-0.25, -0.2) is 13.2 Å². The van der Waals surface area contributed by atoms with Crippen LogP contribution in [0.3, 0.4) is 0 Å². The summed E-state index contributed by atoms with van der Waals surface area (Å²) in [6, 6.07) is 12.0. The van der Waals surface area contributed by atoms with E-state index in [0.29, 0.717) is 0 Å². The zero-order valence-corrected chi connectivity index (χ0v) is 13.8. The first-order valence-corrected chi connectivity index (χ1v) is 7.79. The van der Waals surface area contributed by atoms with Crippen molar-refractivity contribution in [2.45, 2.75) is 0 Å². The topological polar surface area (TPSA) is 49.3 Å². The number of aromatic hydroxyl groups is 1. The number of carbonyl (C=O) groups is 1. The largest absolute Gasteiger partial charge is 0.506 e. The second kappa shape index (κ2) is 7.09. The van der Waals surface area contributed by atoms with Gasteiger partial charge in [-0.3, -0.25) is 4.79 Å². The molecule has 0 saturated carbocycles. The van der Waals surface area contributed by atoms with Gasteiger partial charge in [-0.2, -0.15) is 0 Å². The molecule has 7 heteroatoms. The Bertz CT molecular complexity index is 994. The summed E-state index contributed by atoms with van der Waals surface area (Å²) in [7, 11) is 0. The molecule has 3 rings (SSSR count). The molecule has 132 valence electrons. The summed E-state index contributed by atoms with van der Waals surface area (Å²) in [5.41, 5.74) is -1.09. The van der Waals surface area contributed by atoms with Crippen molar-refractivity contribution < 1.29 is 23.1 Å². The van der Waals surface area contributed by atoms with Crippen molar-refractivity contribution in [3.8, 4) is 16.9 Å².